The van der Waals surface area contributed by atoms with Crippen molar-refractivity contribution in [1.29, 1.82) is 0 Å². The Kier molecular flexibility index (Phi) is 5.55. The molecule has 1 rings (SSSR count). The van der Waals surface area contributed by atoms with Gasteiger partial charge in [0.2, 0.25) is 11.8 Å². The van der Waals surface area contributed by atoms with Crippen molar-refractivity contribution < 1.29 is 9.59 Å². The van der Waals surface area contributed by atoms with Crippen LogP contribution in [0.1, 0.15) is 26.7 Å². The van der Waals surface area contributed by atoms with Crippen LogP contribution >= 0.6 is 0 Å². The minimum Gasteiger partial charge on any atom is -0.342 e. The van der Waals surface area contributed by atoms with E-state index in [-0.39, 0.29) is 17.7 Å². The molecule has 0 bridgehead atoms. The van der Waals surface area contributed by atoms with Gasteiger partial charge < -0.3 is 4.90 Å². The third-order valence-corrected chi connectivity index (χ3v) is 3.63. The number of hydrazine groups is 1. The fourth-order valence-corrected chi connectivity index (χ4v) is 2.00. The molecular formula is C12H24N4O2. The second kappa shape index (κ2) is 6.70. The lowest BCUT2D eigenvalue weighted by Crippen LogP contribution is -2.47. The van der Waals surface area contributed by atoms with Gasteiger partial charge in [0.05, 0.1) is 6.54 Å². The van der Waals surface area contributed by atoms with Crippen molar-refractivity contribution in [3.8, 4) is 0 Å². The van der Waals surface area contributed by atoms with Crippen LogP contribution < -0.4 is 11.3 Å². The van der Waals surface area contributed by atoms with E-state index < -0.39 is 0 Å². The van der Waals surface area contributed by atoms with E-state index in [2.05, 4.69) is 19.3 Å². The number of nitrogens with one attached hydrogen (secondary N) is 1. The quantitative estimate of drug-likeness (QED) is 0.406. The third kappa shape index (κ3) is 3.96. The molecule has 2 amide bonds. The smallest absolute Gasteiger partial charge is 0.237 e. The first-order valence-electron chi connectivity index (χ1n) is 6.44. The van der Waals surface area contributed by atoms with Crippen LogP contribution in [0.15, 0.2) is 0 Å². The highest BCUT2D eigenvalue weighted by Crippen LogP contribution is 2.17. The van der Waals surface area contributed by atoms with Gasteiger partial charge in [-0.1, -0.05) is 0 Å². The van der Waals surface area contributed by atoms with E-state index in [0.29, 0.717) is 38.5 Å². The van der Waals surface area contributed by atoms with Crippen LogP contribution in [0.25, 0.3) is 0 Å². The Morgan fingerprint density at radius 1 is 1.39 bits per heavy atom. The van der Waals surface area contributed by atoms with E-state index in [1.54, 1.807) is 0 Å². The zero-order chi connectivity index (χ0) is 13.7. The van der Waals surface area contributed by atoms with Gasteiger partial charge in [-0.2, -0.15) is 0 Å². The summed E-state index contributed by atoms with van der Waals surface area (Å²) in [7, 11) is 1.94. The number of likely N-dealkylation sites (tertiary alicyclic amines) is 1. The number of amides is 2. The van der Waals surface area contributed by atoms with Crippen LogP contribution in [0.5, 0.6) is 0 Å². The summed E-state index contributed by atoms with van der Waals surface area (Å²) in [5.41, 5.74) is 2.18. The number of piperidine rings is 1. The van der Waals surface area contributed by atoms with Gasteiger partial charge in [0.15, 0.2) is 0 Å². The Hall–Kier alpha value is -1.14. The van der Waals surface area contributed by atoms with Crippen LogP contribution in [0.2, 0.25) is 0 Å². The van der Waals surface area contributed by atoms with Gasteiger partial charge in [0.25, 0.3) is 0 Å². The zero-order valence-corrected chi connectivity index (χ0v) is 11.5. The molecule has 1 fully saturated rings. The number of carbonyl (C=O) groups excluding carboxylic acids is 2. The van der Waals surface area contributed by atoms with Gasteiger partial charge in [-0.15, -0.1) is 0 Å². The maximum Gasteiger partial charge on any atom is 0.237 e. The van der Waals surface area contributed by atoms with E-state index in [0.717, 1.165) is 0 Å². The Morgan fingerprint density at radius 2 is 1.94 bits per heavy atom. The molecule has 0 atom stereocenters. The second-order valence-electron chi connectivity index (χ2n) is 5.17. The van der Waals surface area contributed by atoms with Crippen LogP contribution in [0, 0.1) is 5.92 Å². The molecule has 0 saturated carbocycles. The molecule has 0 aromatic carbocycles. The highest BCUT2D eigenvalue weighted by molar-refractivity contribution is 5.80. The maximum atomic E-state index is 12.0. The molecule has 3 N–H and O–H groups in total. The minimum atomic E-state index is -0.124. The fraction of sp³-hybridized carbons (Fsp3) is 0.833. The van der Waals surface area contributed by atoms with Crippen LogP contribution in [-0.4, -0.2) is 54.3 Å². The number of hydrogen-bond donors (Lipinski definition) is 2. The average Bonchev–Trinajstić information content (AvgIpc) is 2.37. The van der Waals surface area contributed by atoms with Gasteiger partial charge in [-0.3, -0.25) is 19.9 Å². The molecule has 0 aliphatic carbocycles. The number of rotatable bonds is 4. The number of likely N-dealkylation sites (N-methyl/N-ethyl adjacent to an activating group) is 1. The molecule has 0 unspecified atom stereocenters. The monoisotopic (exact) mass is 256 g/mol. The highest BCUT2D eigenvalue weighted by Gasteiger charge is 2.27. The van der Waals surface area contributed by atoms with Crippen LogP contribution in [-0.2, 0) is 9.59 Å². The van der Waals surface area contributed by atoms with Crippen molar-refractivity contribution in [2.75, 3.05) is 26.7 Å². The molecule has 1 heterocycles. The number of nitrogens with two attached hydrogens (primary N) is 1. The largest absolute Gasteiger partial charge is 0.342 e. The molecule has 6 nitrogen and oxygen atoms in total. The van der Waals surface area contributed by atoms with Gasteiger partial charge in [0.1, 0.15) is 0 Å². The number of nitrogens with zero attached hydrogens (tertiary/aromatic N) is 2. The molecule has 1 aliphatic heterocycles. The van der Waals surface area contributed by atoms with E-state index in [1.807, 2.05) is 16.8 Å². The maximum absolute atomic E-state index is 12.0. The van der Waals surface area contributed by atoms with Gasteiger partial charge >= 0.3 is 0 Å². The highest BCUT2D eigenvalue weighted by atomic mass is 16.2. The van der Waals surface area contributed by atoms with Crippen molar-refractivity contribution >= 4 is 11.8 Å². The minimum absolute atomic E-state index is 0.0538. The molecule has 104 valence electrons. The number of hydrogen-bond acceptors (Lipinski definition) is 4. The second-order valence-corrected chi connectivity index (χ2v) is 5.17. The Morgan fingerprint density at radius 3 is 2.39 bits per heavy atom. The number of carbonyl (C=O) groups is 2. The molecule has 0 aromatic rings. The Balaban J connectivity index is 2.38. The lowest BCUT2D eigenvalue weighted by atomic mass is 9.96. The molecule has 0 spiro atoms. The molecule has 1 aliphatic rings. The van der Waals surface area contributed by atoms with Gasteiger partial charge in [0, 0.05) is 25.0 Å². The standard InChI is InChI=1S/C12H24N4O2/c1-9(2)15(3)8-11(17)16-6-4-10(5-7-16)12(18)14-13/h9-10H,4-8,13H2,1-3H3,(H,14,18). The first kappa shape index (κ1) is 14.9. The summed E-state index contributed by atoms with van der Waals surface area (Å²) in [5, 5.41) is 0. The molecule has 6 heteroatoms. The lowest BCUT2D eigenvalue weighted by molar-refractivity contribution is -0.136. The van der Waals surface area contributed by atoms with E-state index in [1.165, 1.54) is 0 Å². The zero-order valence-electron chi connectivity index (χ0n) is 11.5. The summed E-state index contributed by atoms with van der Waals surface area (Å²) in [6.07, 6.45) is 1.39. The topological polar surface area (TPSA) is 78.7 Å². The molecular weight excluding hydrogens is 232 g/mol. The summed E-state index contributed by atoms with van der Waals surface area (Å²) < 4.78 is 0. The third-order valence-electron chi connectivity index (χ3n) is 3.63. The summed E-state index contributed by atoms with van der Waals surface area (Å²) >= 11 is 0. The molecule has 1 saturated heterocycles. The first-order chi connectivity index (χ1) is 8.45. The van der Waals surface area contributed by atoms with E-state index in [4.69, 9.17) is 5.84 Å². The SMILES string of the molecule is CC(C)N(C)CC(=O)N1CCC(C(=O)NN)CC1. The summed E-state index contributed by atoms with van der Waals surface area (Å²) in [5.74, 6) is 5.07. The van der Waals surface area contributed by atoms with Gasteiger partial charge in [-0.05, 0) is 33.7 Å². The average molecular weight is 256 g/mol. The van der Waals surface area contributed by atoms with E-state index in [9.17, 15) is 9.59 Å². The Labute approximate surface area is 108 Å². The van der Waals surface area contributed by atoms with E-state index >= 15 is 0 Å². The van der Waals surface area contributed by atoms with Crippen LogP contribution in [0.4, 0.5) is 0 Å². The summed E-state index contributed by atoms with van der Waals surface area (Å²) in [6.45, 7) is 5.84. The Bertz CT molecular complexity index is 298. The fourth-order valence-electron chi connectivity index (χ4n) is 2.00. The van der Waals surface area contributed by atoms with Crippen molar-refractivity contribution in [3.63, 3.8) is 0 Å². The summed E-state index contributed by atoms with van der Waals surface area (Å²) in [4.78, 5) is 27.2. The first-order valence-corrected chi connectivity index (χ1v) is 6.44. The molecule has 0 aromatic heterocycles. The predicted octanol–water partition coefficient (Wildman–Crippen LogP) is -0.445. The predicted molar refractivity (Wildman–Crippen MR) is 69.4 cm³/mol. The van der Waals surface area contributed by atoms with Crippen molar-refractivity contribution in [3.05, 3.63) is 0 Å². The van der Waals surface area contributed by atoms with Crippen molar-refractivity contribution in [1.82, 2.24) is 15.2 Å². The van der Waals surface area contributed by atoms with Crippen LogP contribution in [0.3, 0.4) is 0 Å². The molecule has 18 heavy (non-hydrogen) atoms. The summed E-state index contributed by atoms with van der Waals surface area (Å²) in [6, 6.07) is 0.356. The normalized spacial score (nSPS) is 17.3. The lowest BCUT2D eigenvalue weighted by Gasteiger charge is -2.32. The van der Waals surface area contributed by atoms with Gasteiger partial charge in [-0.25, -0.2) is 5.84 Å². The van der Waals surface area contributed by atoms with Crippen molar-refractivity contribution in [2.45, 2.75) is 32.7 Å². The molecule has 0 radical (unpaired) electrons. The van der Waals surface area contributed by atoms with Crippen molar-refractivity contribution in [2.24, 2.45) is 11.8 Å².